The number of aliphatic hydroxyl groups is 1. The minimum atomic E-state index is -0.563. The van der Waals surface area contributed by atoms with Crippen LogP contribution < -0.4 is 4.74 Å². The highest BCUT2D eigenvalue weighted by Crippen LogP contribution is 2.25. The predicted molar refractivity (Wildman–Crippen MR) is 88.3 cm³/mol. The van der Waals surface area contributed by atoms with E-state index < -0.39 is 6.10 Å². The minimum Gasteiger partial charge on any atom is -0.457 e. The van der Waals surface area contributed by atoms with E-state index in [1.807, 2.05) is 62.4 Å². The zero-order valence-electron chi connectivity index (χ0n) is 13.4. The van der Waals surface area contributed by atoms with E-state index in [2.05, 4.69) is 0 Å². The van der Waals surface area contributed by atoms with Gasteiger partial charge in [0.25, 0.3) is 0 Å². The SMILES string of the molecule is Cc1ccc(Oc2ccc(CN3C(=O)C[C@@H](O)[C@H]3C)cc2)cc1. The number of aryl methyl sites for hydroxylation is 1. The fourth-order valence-electron chi connectivity index (χ4n) is 2.74. The molecule has 3 rings (SSSR count). The lowest BCUT2D eigenvalue weighted by molar-refractivity contribution is -0.129. The number of hydrogen-bond donors (Lipinski definition) is 1. The number of aliphatic hydroxyl groups excluding tert-OH is 1. The molecule has 0 saturated carbocycles. The van der Waals surface area contributed by atoms with Crippen LogP contribution in [0.3, 0.4) is 0 Å². The van der Waals surface area contributed by atoms with E-state index in [-0.39, 0.29) is 18.4 Å². The zero-order chi connectivity index (χ0) is 16.4. The maximum atomic E-state index is 11.9. The number of carbonyl (C=O) groups is 1. The first kappa shape index (κ1) is 15.6. The molecule has 0 spiro atoms. The lowest BCUT2D eigenvalue weighted by atomic mass is 10.1. The van der Waals surface area contributed by atoms with E-state index in [1.54, 1.807) is 4.90 Å². The van der Waals surface area contributed by atoms with Crippen LogP contribution in [0.25, 0.3) is 0 Å². The largest absolute Gasteiger partial charge is 0.457 e. The molecular weight excluding hydrogens is 290 g/mol. The van der Waals surface area contributed by atoms with Crippen LogP contribution in [0.5, 0.6) is 11.5 Å². The van der Waals surface area contributed by atoms with Gasteiger partial charge in [0.2, 0.25) is 5.91 Å². The first-order valence-corrected chi connectivity index (χ1v) is 7.84. The summed E-state index contributed by atoms with van der Waals surface area (Å²) in [7, 11) is 0. The predicted octanol–water partition coefficient (Wildman–Crippen LogP) is 3.27. The number of rotatable bonds is 4. The molecule has 0 aromatic heterocycles. The van der Waals surface area contributed by atoms with Crippen molar-refractivity contribution in [3.05, 3.63) is 59.7 Å². The maximum absolute atomic E-state index is 11.9. The summed E-state index contributed by atoms with van der Waals surface area (Å²) in [5.41, 5.74) is 2.22. The summed E-state index contributed by atoms with van der Waals surface area (Å²) in [5.74, 6) is 1.57. The quantitative estimate of drug-likeness (QED) is 0.943. The number of ether oxygens (including phenoxy) is 1. The lowest BCUT2D eigenvalue weighted by Crippen LogP contribution is -2.33. The minimum absolute atomic E-state index is 0.00461. The van der Waals surface area contributed by atoms with E-state index in [4.69, 9.17) is 4.74 Å². The second-order valence-electron chi connectivity index (χ2n) is 6.09. The average Bonchev–Trinajstić information content (AvgIpc) is 2.78. The van der Waals surface area contributed by atoms with Gasteiger partial charge in [-0.15, -0.1) is 0 Å². The summed E-state index contributed by atoms with van der Waals surface area (Å²) in [6, 6.07) is 15.5. The Kier molecular flexibility index (Phi) is 4.35. The Hall–Kier alpha value is -2.33. The number of amides is 1. The number of hydrogen-bond acceptors (Lipinski definition) is 3. The molecule has 2 aromatic rings. The van der Waals surface area contributed by atoms with E-state index in [0.717, 1.165) is 17.1 Å². The van der Waals surface area contributed by atoms with Gasteiger partial charge in [0.15, 0.2) is 0 Å². The molecule has 0 aliphatic carbocycles. The van der Waals surface area contributed by atoms with Gasteiger partial charge in [0.05, 0.1) is 18.6 Å². The molecule has 0 radical (unpaired) electrons. The van der Waals surface area contributed by atoms with Crippen molar-refractivity contribution in [1.29, 1.82) is 0 Å². The van der Waals surface area contributed by atoms with Crippen LogP contribution in [0.4, 0.5) is 0 Å². The van der Waals surface area contributed by atoms with Gasteiger partial charge in [-0.2, -0.15) is 0 Å². The van der Waals surface area contributed by atoms with Gasteiger partial charge in [0.1, 0.15) is 11.5 Å². The Morgan fingerprint density at radius 1 is 1.09 bits per heavy atom. The molecule has 2 aromatic carbocycles. The Bertz CT molecular complexity index is 679. The van der Waals surface area contributed by atoms with E-state index >= 15 is 0 Å². The van der Waals surface area contributed by atoms with Crippen LogP contribution in [-0.2, 0) is 11.3 Å². The highest BCUT2D eigenvalue weighted by Gasteiger charge is 2.35. The van der Waals surface area contributed by atoms with Crippen LogP contribution in [0.15, 0.2) is 48.5 Å². The highest BCUT2D eigenvalue weighted by molar-refractivity contribution is 5.79. The molecule has 0 unspecified atom stereocenters. The molecule has 1 heterocycles. The first-order valence-electron chi connectivity index (χ1n) is 7.84. The molecule has 2 atom stereocenters. The fourth-order valence-corrected chi connectivity index (χ4v) is 2.74. The molecule has 4 heteroatoms. The van der Waals surface area contributed by atoms with Crippen LogP contribution >= 0.6 is 0 Å². The molecule has 1 N–H and O–H groups in total. The van der Waals surface area contributed by atoms with Crippen LogP contribution in [0.2, 0.25) is 0 Å². The average molecular weight is 311 g/mol. The van der Waals surface area contributed by atoms with Crippen molar-refractivity contribution in [2.75, 3.05) is 0 Å². The molecular formula is C19H21NO3. The van der Waals surface area contributed by atoms with E-state index in [1.165, 1.54) is 5.56 Å². The van der Waals surface area contributed by atoms with Crippen LogP contribution in [0.1, 0.15) is 24.5 Å². The number of likely N-dealkylation sites (tertiary alicyclic amines) is 1. The number of nitrogens with zero attached hydrogens (tertiary/aromatic N) is 1. The molecule has 0 bridgehead atoms. The smallest absolute Gasteiger partial charge is 0.225 e. The summed E-state index contributed by atoms with van der Waals surface area (Å²) >= 11 is 0. The normalized spacial score (nSPS) is 20.8. The van der Waals surface area contributed by atoms with Gasteiger partial charge >= 0.3 is 0 Å². The molecule has 1 aliphatic rings. The standard InChI is InChI=1S/C19H21NO3/c1-13-3-7-16(8-4-13)23-17-9-5-15(6-10-17)12-20-14(2)18(21)11-19(20)22/h3-10,14,18,21H,11-12H2,1-2H3/t14-,18-/m1/s1. The lowest BCUT2D eigenvalue weighted by Gasteiger charge is -2.23. The van der Waals surface area contributed by atoms with Crippen molar-refractivity contribution in [2.24, 2.45) is 0 Å². The Morgan fingerprint density at radius 2 is 1.65 bits per heavy atom. The maximum Gasteiger partial charge on any atom is 0.225 e. The molecule has 1 aliphatic heterocycles. The Balaban J connectivity index is 1.65. The second kappa shape index (κ2) is 6.42. The van der Waals surface area contributed by atoms with E-state index in [9.17, 15) is 9.90 Å². The van der Waals surface area contributed by atoms with Crippen molar-refractivity contribution in [2.45, 2.75) is 39.0 Å². The summed E-state index contributed by atoms with van der Waals surface area (Å²) in [6.07, 6.45) is -0.345. The summed E-state index contributed by atoms with van der Waals surface area (Å²) in [5, 5.41) is 9.76. The summed E-state index contributed by atoms with van der Waals surface area (Å²) < 4.78 is 5.80. The molecule has 1 amide bonds. The van der Waals surface area contributed by atoms with Crippen LogP contribution in [0, 0.1) is 6.92 Å². The van der Waals surface area contributed by atoms with Crippen molar-refractivity contribution < 1.29 is 14.6 Å². The number of benzene rings is 2. The van der Waals surface area contributed by atoms with E-state index in [0.29, 0.717) is 6.54 Å². The second-order valence-corrected chi connectivity index (χ2v) is 6.09. The van der Waals surface area contributed by atoms with Gasteiger partial charge in [-0.3, -0.25) is 4.79 Å². The molecule has 23 heavy (non-hydrogen) atoms. The third kappa shape index (κ3) is 3.54. The number of carbonyl (C=O) groups excluding carboxylic acids is 1. The fraction of sp³-hybridized carbons (Fsp3) is 0.316. The highest BCUT2D eigenvalue weighted by atomic mass is 16.5. The van der Waals surface area contributed by atoms with Crippen molar-refractivity contribution >= 4 is 5.91 Å². The Morgan fingerprint density at radius 3 is 2.17 bits per heavy atom. The summed E-state index contributed by atoms with van der Waals surface area (Å²) in [6.45, 7) is 4.43. The van der Waals surface area contributed by atoms with Gasteiger partial charge in [0, 0.05) is 6.54 Å². The molecule has 1 saturated heterocycles. The third-order valence-electron chi connectivity index (χ3n) is 4.29. The van der Waals surface area contributed by atoms with Gasteiger partial charge < -0.3 is 14.7 Å². The Labute approximate surface area is 136 Å². The molecule has 4 nitrogen and oxygen atoms in total. The zero-order valence-corrected chi connectivity index (χ0v) is 13.4. The topological polar surface area (TPSA) is 49.8 Å². The van der Waals surface area contributed by atoms with Gasteiger partial charge in [-0.25, -0.2) is 0 Å². The molecule has 120 valence electrons. The van der Waals surface area contributed by atoms with Crippen molar-refractivity contribution in [1.82, 2.24) is 4.90 Å². The third-order valence-corrected chi connectivity index (χ3v) is 4.29. The van der Waals surface area contributed by atoms with Gasteiger partial charge in [-0.1, -0.05) is 29.8 Å². The summed E-state index contributed by atoms with van der Waals surface area (Å²) in [4.78, 5) is 13.6. The first-order chi connectivity index (χ1) is 11.0. The van der Waals surface area contributed by atoms with Crippen molar-refractivity contribution in [3.8, 4) is 11.5 Å². The monoisotopic (exact) mass is 311 g/mol. The van der Waals surface area contributed by atoms with Gasteiger partial charge in [-0.05, 0) is 43.7 Å². The molecule has 1 fully saturated rings. The van der Waals surface area contributed by atoms with Crippen molar-refractivity contribution in [3.63, 3.8) is 0 Å². The van der Waals surface area contributed by atoms with Crippen LogP contribution in [-0.4, -0.2) is 28.1 Å².